The van der Waals surface area contributed by atoms with Crippen LogP contribution in [0.1, 0.15) is 18.4 Å². The van der Waals surface area contributed by atoms with Crippen LogP contribution in [0.2, 0.25) is 0 Å². The van der Waals surface area contributed by atoms with E-state index in [-0.39, 0.29) is 5.69 Å². The van der Waals surface area contributed by atoms with Crippen LogP contribution in [-0.4, -0.2) is 21.8 Å². The summed E-state index contributed by atoms with van der Waals surface area (Å²) < 4.78 is 0. The molecule has 0 heterocycles. The van der Waals surface area contributed by atoms with Crippen LogP contribution in [0.3, 0.4) is 0 Å². The lowest BCUT2D eigenvalue weighted by molar-refractivity contribution is -0.384. The van der Waals surface area contributed by atoms with Gasteiger partial charge in [-0.1, -0.05) is 19.1 Å². The Bertz CT molecular complexity index is 437. The Morgan fingerprint density at radius 1 is 1.31 bits per heavy atom. The largest absolute Gasteiger partial charge is 0.475 e. The quantitative estimate of drug-likeness (QED) is 0.472. The van der Waals surface area contributed by atoms with E-state index >= 15 is 0 Å². The Morgan fingerprint density at radius 2 is 1.81 bits per heavy atom. The molecule has 0 aliphatic carbocycles. The average molecular weight is 223 g/mol. The first-order chi connectivity index (χ1) is 7.43. The maximum absolute atomic E-state index is 11.1. The van der Waals surface area contributed by atoms with Gasteiger partial charge in [0.1, 0.15) is 0 Å². The SMILES string of the molecule is CC(C(=O)C(=O)O)c1ccc([N+](=O)[O-])cc1. The van der Waals surface area contributed by atoms with E-state index in [9.17, 15) is 19.7 Å². The molecule has 6 heteroatoms. The second-order valence-electron chi connectivity index (χ2n) is 3.24. The van der Waals surface area contributed by atoms with Gasteiger partial charge in [0, 0.05) is 12.1 Å². The Labute approximate surface area is 90.7 Å². The van der Waals surface area contributed by atoms with Gasteiger partial charge in [-0.15, -0.1) is 0 Å². The van der Waals surface area contributed by atoms with Crippen LogP contribution in [0.15, 0.2) is 24.3 Å². The second kappa shape index (κ2) is 4.52. The number of carbonyl (C=O) groups excluding carboxylic acids is 1. The number of carboxylic acids is 1. The minimum Gasteiger partial charge on any atom is -0.475 e. The van der Waals surface area contributed by atoms with Crippen LogP contribution in [0, 0.1) is 10.1 Å². The van der Waals surface area contributed by atoms with Crippen molar-refractivity contribution in [3.63, 3.8) is 0 Å². The average Bonchev–Trinajstić information content (AvgIpc) is 2.27. The van der Waals surface area contributed by atoms with Crippen molar-refractivity contribution in [3.8, 4) is 0 Å². The summed E-state index contributed by atoms with van der Waals surface area (Å²) in [6.45, 7) is 1.44. The minimum absolute atomic E-state index is 0.0984. The summed E-state index contributed by atoms with van der Waals surface area (Å²) in [5.74, 6) is -3.25. The van der Waals surface area contributed by atoms with Crippen molar-refractivity contribution in [2.75, 3.05) is 0 Å². The van der Waals surface area contributed by atoms with Gasteiger partial charge in [0.15, 0.2) is 0 Å². The molecule has 1 atom stereocenters. The number of carboxylic acid groups (broad SMARTS) is 1. The van der Waals surface area contributed by atoms with Crippen molar-refractivity contribution in [3.05, 3.63) is 39.9 Å². The molecule has 0 bridgehead atoms. The van der Waals surface area contributed by atoms with Gasteiger partial charge in [0.2, 0.25) is 5.78 Å². The molecule has 1 aromatic carbocycles. The van der Waals surface area contributed by atoms with Crippen LogP contribution in [0.4, 0.5) is 5.69 Å². The summed E-state index contributed by atoms with van der Waals surface area (Å²) in [7, 11) is 0. The normalized spacial score (nSPS) is 11.8. The highest BCUT2D eigenvalue weighted by atomic mass is 16.6. The number of non-ortho nitro benzene ring substituents is 1. The Hall–Kier alpha value is -2.24. The zero-order chi connectivity index (χ0) is 12.3. The lowest BCUT2D eigenvalue weighted by Crippen LogP contribution is -2.19. The second-order valence-corrected chi connectivity index (χ2v) is 3.24. The van der Waals surface area contributed by atoms with Crippen LogP contribution >= 0.6 is 0 Å². The number of nitro benzene ring substituents is 1. The number of benzene rings is 1. The summed E-state index contributed by atoms with van der Waals surface area (Å²) in [6, 6.07) is 5.23. The van der Waals surface area contributed by atoms with E-state index in [0.29, 0.717) is 5.56 Å². The minimum atomic E-state index is -1.51. The van der Waals surface area contributed by atoms with Crippen LogP contribution < -0.4 is 0 Å². The van der Waals surface area contributed by atoms with Gasteiger partial charge in [-0.25, -0.2) is 4.79 Å². The topological polar surface area (TPSA) is 97.5 Å². The predicted molar refractivity (Wildman–Crippen MR) is 54.2 cm³/mol. The Morgan fingerprint density at radius 3 is 2.19 bits per heavy atom. The van der Waals surface area contributed by atoms with Gasteiger partial charge < -0.3 is 5.11 Å². The summed E-state index contributed by atoms with van der Waals surface area (Å²) in [5.41, 5.74) is 0.344. The molecule has 0 aliphatic rings. The Kier molecular flexibility index (Phi) is 3.34. The number of Topliss-reactive ketones (excluding diaryl/α,β-unsaturated/α-hetero) is 1. The van der Waals surface area contributed by atoms with Gasteiger partial charge in [-0.3, -0.25) is 14.9 Å². The first-order valence-corrected chi connectivity index (χ1v) is 4.45. The summed E-state index contributed by atoms with van der Waals surface area (Å²) >= 11 is 0. The third kappa shape index (κ3) is 2.41. The molecule has 0 saturated heterocycles. The highest BCUT2D eigenvalue weighted by Crippen LogP contribution is 2.19. The van der Waals surface area contributed by atoms with E-state index in [1.165, 1.54) is 31.2 Å². The van der Waals surface area contributed by atoms with E-state index in [4.69, 9.17) is 5.11 Å². The number of hydrogen-bond donors (Lipinski definition) is 1. The molecular weight excluding hydrogens is 214 g/mol. The molecule has 0 aromatic heterocycles. The van der Waals surface area contributed by atoms with Crippen LogP contribution in [0.25, 0.3) is 0 Å². The summed E-state index contributed by atoms with van der Waals surface area (Å²) in [5, 5.41) is 18.9. The maximum Gasteiger partial charge on any atom is 0.372 e. The molecule has 84 valence electrons. The highest BCUT2D eigenvalue weighted by Gasteiger charge is 2.22. The highest BCUT2D eigenvalue weighted by molar-refractivity contribution is 6.34. The molecule has 1 rings (SSSR count). The molecule has 0 amide bonds. The maximum atomic E-state index is 11.1. The van der Waals surface area contributed by atoms with E-state index in [0.717, 1.165) is 0 Å². The third-order valence-electron chi connectivity index (χ3n) is 2.21. The molecular formula is C10H9NO5. The fraction of sp³-hybridized carbons (Fsp3) is 0.200. The van der Waals surface area contributed by atoms with Gasteiger partial charge >= 0.3 is 5.97 Å². The molecule has 0 spiro atoms. The monoisotopic (exact) mass is 223 g/mol. The van der Waals surface area contributed by atoms with Crippen molar-refractivity contribution in [2.24, 2.45) is 0 Å². The van der Waals surface area contributed by atoms with Crippen molar-refractivity contribution < 1.29 is 19.6 Å². The fourth-order valence-corrected chi connectivity index (χ4v) is 1.22. The smallest absolute Gasteiger partial charge is 0.372 e. The first-order valence-electron chi connectivity index (χ1n) is 4.45. The number of hydrogen-bond acceptors (Lipinski definition) is 4. The molecule has 16 heavy (non-hydrogen) atoms. The van der Waals surface area contributed by atoms with E-state index in [1.54, 1.807) is 0 Å². The van der Waals surface area contributed by atoms with Crippen LogP contribution in [-0.2, 0) is 9.59 Å². The molecule has 1 unspecified atom stereocenters. The molecule has 0 radical (unpaired) electrons. The summed E-state index contributed by atoms with van der Waals surface area (Å²) in [6.07, 6.45) is 0. The summed E-state index contributed by atoms with van der Waals surface area (Å²) in [4.78, 5) is 31.4. The molecule has 1 aromatic rings. The van der Waals surface area contributed by atoms with Crippen molar-refractivity contribution in [2.45, 2.75) is 12.8 Å². The van der Waals surface area contributed by atoms with Gasteiger partial charge in [0.05, 0.1) is 10.8 Å². The van der Waals surface area contributed by atoms with E-state index in [1.807, 2.05) is 0 Å². The third-order valence-corrected chi connectivity index (χ3v) is 2.21. The van der Waals surface area contributed by atoms with Crippen LogP contribution in [0.5, 0.6) is 0 Å². The molecule has 6 nitrogen and oxygen atoms in total. The zero-order valence-corrected chi connectivity index (χ0v) is 8.41. The number of carbonyl (C=O) groups is 2. The number of nitrogens with zero attached hydrogens (tertiary/aromatic N) is 1. The zero-order valence-electron chi connectivity index (χ0n) is 8.41. The van der Waals surface area contributed by atoms with E-state index in [2.05, 4.69) is 0 Å². The molecule has 0 aliphatic heterocycles. The van der Waals surface area contributed by atoms with Gasteiger partial charge in [-0.05, 0) is 5.56 Å². The number of ketones is 1. The first kappa shape index (κ1) is 11.8. The molecule has 0 saturated carbocycles. The molecule has 1 N–H and O–H groups in total. The lowest BCUT2D eigenvalue weighted by Gasteiger charge is -2.06. The van der Waals surface area contributed by atoms with Crippen molar-refractivity contribution in [1.29, 1.82) is 0 Å². The van der Waals surface area contributed by atoms with E-state index < -0.39 is 22.6 Å². The number of nitro groups is 1. The van der Waals surface area contributed by atoms with Gasteiger partial charge in [-0.2, -0.15) is 0 Å². The fourth-order valence-electron chi connectivity index (χ4n) is 1.22. The Balaban J connectivity index is 2.94. The number of aliphatic carboxylic acids is 1. The predicted octanol–water partition coefficient (Wildman–Crippen LogP) is 1.35. The van der Waals surface area contributed by atoms with Crippen molar-refractivity contribution >= 4 is 17.4 Å². The standard InChI is InChI=1S/C10H9NO5/c1-6(9(12)10(13)14)7-2-4-8(5-3-7)11(15)16/h2-6H,1H3,(H,13,14). The van der Waals surface area contributed by atoms with Gasteiger partial charge in [0.25, 0.3) is 5.69 Å². The molecule has 0 fully saturated rings. The lowest BCUT2D eigenvalue weighted by atomic mass is 9.96. The van der Waals surface area contributed by atoms with Crippen molar-refractivity contribution in [1.82, 2.24) is 0 Å². The number of rotatable bonds is 4.